The molecule has 0 fully saturated rings. The lowest BCUT2D eigenvalue weighted by Crippen LogP contribution is -2.06. The lowest BCUT2D eigenvalue weighted by atomic mass is 10.0. The molecule has 0 aliphatic rings. The molecule has 0 saturated carbocycles. The van der Waals surface area contributed by atoms with Crippen LogP contribution in [0.4, 0.5) is 0 Å². The van der Waals surface area contributed by atoms with Crippen LogP contribution in [0.2, 0.25) is 10.0 Å². The van der Waals surface area contributed by atoms with Crippen molar-refractivity contribution in [2.45, 2.75) is 26.7 Å². The first kappa shape index (κ1) is 19.3. The first-order valence-corrected chi connectivity index (χ1v) is 8.57. The molecule has 0 aliphatic heterocycles. The van der Waals surface area contributed by atoms with E-state index in [1.165, 1.54) is 12.4 Å². The number of aromatic nitrogens is 1. The van der Waals surface area contributed by atoms with Crippen molar-refractivity contribution < 1.29 is 14.3 Å². The molecule has 0 aliphatic carbocycles. The van der Waals surface area contributed by atoms with Crippen molar-refractivity contribution >= 4 is 29.0 Å². The Hall–Kier alpha value is -2.04. The molecule has 2 aromatic rings. The Bertz CT molecular complexity index is 783. The van der Waals surface area contributed by atoms with Crippen LogP contribution in [-0.4, -0.2) is 17.9 Å². The zero-order valence-corrected chi connectivity index (χ0v) is 15.8. The highest BCUT2D eigenvalue weighted by Gasteiger charge is 2.16. The molecule has 1 aromatic carbocycles. The number of ether oxygens (including phenoxy) is 2. The fraction of sp³-hybridized carbons (Fsp3) is 0.263. The Balaban J connectivity index is 2.31. The fourth-order valence-electron chi connectivity index (χ4n) is 2.28. The molecule has 132 valence electrons. The Morgan fingerprint density at radius 1 is 1.20 bits per heavy atom. The summed E-state index contributed by atoms with van der Waals surface area (Å²) in [5, 5.41) is 0.737. The molecule has 1 aromatic heterocycles. The average Bonchev–Trinajstić information content (AvgIpc) is 2.62. The lowest BCUT2D eigenvalue weighted by Gasteiger charge is -2.13. The van der Waals surface area contributed by atoms with Gasteiger partial charge in [-0.1, -0.05) is 30.1 Å². The van der Waals surface area contributed by atoms with E-state index in [1.807, 2.05) is 19.9 Å². The van der Waals surface area contributed by atoms with E-state index in [0.717, 1.165) is 12.2 Å². The van der Waals surface area contributed by atoms with Gasteiger partial charge in [0.05, 0.1) is 22.9 Å². The highest BCUT2D eigenvalue weighted by Crippen LogP contribution is 2.31. The predicted octanol–water partition coefficient (Wildman–Crippen LogP) is 5.52. The molecular weight excluding hydrogens is 361 g/mol. The largest absolute Gasteiger partial charge is 0.493 e. The summed E-state index contributed by atoms with van der Waals surface area (Å²) >= 11 is 12.2. The Morgan fingerprint density at radius 3 is 2.44 bits per heavy atom. The number of methoxy groups -OCH3 is 1. The van der Waals surface area contributed by atoms with E-state index in [1.54, 1.807) is 25.3 Å². The van der Waals surface area contributed by atoms with Crippen molar-refractivity contribution in [2.24, 2.45) is 0 Å². The van der Waals surface area contributed by atoms with Gasteiger partial charge < -0.3 is 9.47 Å². The molecule has 0 radical (unpaired) electrons. The minimum Gasteiger partial charge on any atom is -0.493 e. The normalized spacial score (nSPS) is 11.3. The van der Waals surface area contributed by atoms with E-state index in [-0.39, 0.29) is 12.2 Å². The van der Waals surface area contributed by atoms with Gasteiger partial charge in [-0.05, 0) is 31.2 Å². The number of ketones is 1. The van der Waals surface area contributed by atoms with Gasteiger partial charge in [-0.3, -0.25) is 9.78 Å². The minimum absolute atomic E-state index is 0.0796. The van der Waals surface area contributed by atoms with E-state index >= 15 is 0 Å². The number of hydrogen-bond acceptors (Lipinski definition) is 4. The van der Waals surface area contributed by atoms with Crippen molar-refractivity contribution in [1.82, 2.24) is 4.98 Å². The summed E-state index contributed by atoms with van der Waals surface area (Å²) in [4.78, 5) is 16.5. The molecule has 0 atom stereocenters. The van der Waals surface area contributed by atoms with Crippen LogP contribution in [0.15, 0.2) is 42.4 Å². The molecule has 0 N–H and O–H groups in total. The maximum atomic E-state index is 12.6. The number of hydrogen-bond donors (Lipinski definition) is 0. The number of nitrogens with zero attached hydrogens (tertiary/aromatic N) is 1. The van der Waals surface area contributed by atoms with Gasteiger partial charge in [0.25, 0.3) is 0 Å². The highest BCUT2D eigenvalue weighted by molar-refractivity contribution is 6.36. The summed E-state index contributed by atoms with van der Waals surface area (Å²) in [7, 11) is 1.56. The van der Waals surface area contributed by atoms with Crippen molar-refractivity contribution in [1.29, 1.82) is 0 Å². The van der Waals surface area contributed by atoms with E-state index in [2.05, 4.69) is 4.98 Å². The third kappa shape index (κ3) is 4.74. The number of halogens is 2. The van der Waals surface area contributed by atoms with Gasteiger partial charge in [-0.15, -0.1) is 0 Å². The molecule has 0 unspecified atom stereocenters. The SMILES string of the molecule is CC=C(CC)Oc1cc(C(=O)Cc2c(Cl)cncc2Cl)ccc1OC. The summed E-state index contributed by atoms with van der Waals surface area (Å²) in [6.45, 7) is 3.89. The molecule has 2 rings (SSSR count). The Labute approximate surface area is 157 Å². The first-order valence-electron chi connectivity index (χ1n) is 7.82. The van der Waals surface area contributed by atoms with Crippen molar-refractivity contribution in [3.05, 3.63) is 63.6 Å². The summed E-state index contributed by atoms with van der Waals surface area (Å²) in [6.07, 6.45) is 5.64. The van der Waals surface area contributed by atoms with Crippen LogP contribution in [0.3, 0.4) is 0 Å². The maximum Gasteiger partial charge on any atom is 0.169 e. The fourth-order valence-corrected chi connectivity index (χ4v) is 2.77. The lowest BCUT2D eigenvalue weighted by molar-refractivity contribution is 0.0992. The molecule has 25 heavy (non-hydrogen) atoms. The molecule has 1 heterocycles. The predicted molar refractivity (Wildman–Crippen MR) is 100.0 cm³/mol. The summed E-state index contributed by atoms with van der Waals surface area (Å²) in [6, 6.07) is 5.07. The molecule has 0 bridgehead atoms. The number of Topliss-reactive ketones (excluding diaryl/α,β-unsaturated/α-hetero) is 1. The van der Waals surface area contributed by atoms with Crippen LogP contribution in [0, 0.1) is 0 Å². The van der Waals surface area contributed by atoms with E-state index in [9.17, 15) is 4.79 Å². The first-order chi connectivity index (χ1) is 12.0. The van der Waals surface area contributed by atoms with Crippen molar-refractivity contribution in [3.63, 3.8) is 0 Å². The number of carbonyl (C=O) groups is 1. The molecule has 0 amide bonds. The molecule has 4 nitrogen and oxygen atoms in total. The Morgan fingerprint density at radius 2 is 1.88 bits per heavy atom. The standard InChI is InChI=1S/C19H19Cl2NO3/c1-4-13(5-2)25-19-8-12(6-7-18(19)24-3)17(23)9-14-15(20)10-22-11-16(14)21/h4,6-8,10-11H,5,9H2,1-3H3. The smallest absolute Gasteiger partial charge is 0.169 e. The maximum absolute atomic E-state index is 12.6. The highest BCUT2D eigenvalue weighted by atomic mass is 35.5. The second-order valence-corrected chi connectivity index (χ2v) is 6.07. The summed E-state index contributed by atoms with van der Waals surface area (Å²) in [5.41, 5.74) is 1.05. The van der Waals surface area contributed by atoms with Gasteiger partial charge >= 0.3 is 0 Å². The quantitative estimate of drug-likeness (QED) is 0.469. The second kappa shape index (κ2) is 8.88. The van der Waals surface area contributed by atoms with E-state index in [0.29, 0.717) is 32.7 Å². The number of carbonyl (C=O) groups excluding carboxylic acids is 1. The summed E-state index contributed by atoms with van der Waals surface area (Å²) < 4.78 is 11.2. The molecule has 0 spiro atoms. The van der Waals surface area contributed by atoms with Crippen molar-refractivity contribution in [2.75, 3.05) is 7.11 Å². The molecular formula is C19H19Cl2NO3. The number of rotatable bonds is 7. The van der Waals surface area contributed by atoms with Crippen molar-refractivity contribution in [3.8, 4) is 11.5 Å². The second-order valence-electron chi connectivity index (χ2n) is 5.26. The molecule has 0 saturated heterocycles. The van der Waals surface area contributed by atoms with Crippen LogP contribution < -0.4 is 9.47 Å². The summed E-state index contributed by atoms with van der Waals surface area (Å²) in [5.74, 6) is 1.73. The molecule has 6 heteroatoms. The number of benzene rings is 1. The number of allylic oxidation sites excluding steroid dienone is 2. The van der Waals surface area contributed by atoms with Gasteiger partial charge in [0.2, 0.25) is 0 Å². The van der Waals surface area contributed by atoms with Crippen LogP contribution in [0.5, 0.6) is 11.5 Å². The van der Waals surface area contributed by atoms with Gasteiger partial charge in [0.1, 0.15) is 0 Å². The van der Waals surface area contributed by atoms with E-state index < -0.39 is 0 Å². The van der Waals surface area contributed by atoms with Gasteiger partial charge in [-0.2, -0.15) is 0 Å². The minimum atomic E-state index is -0.124. The topological polar surface area (TPSA) is 48.4 Å². The van der Waals surface area contributed by atoms with E-state index in [4.69, 9.17) is 32.7 Å². The van der Waals surface area contributed by atoms with Crippen LogP contribution in [0.1, 0.15) is 36.2 Å². The third-order valence-corrected chi connectivity index (χ3v) is 4.34. The van der Waals surface area contributed by atoms with Gasteiger partial charge in [-0.25, -0.2) is 0 Å². The van der Waals surface area contributed by atoms with Crippen LogP contribution in [-0.2, 0) is 6.42 Å². The Kier molecular flexibility index (Phi) is 6.85. The van der Waals surface area contributed by atoms with Crippen LogP contribution in [0.25, 0.3) is 0 Å². The third-order valence-electron chi connectivity index (χ3n) is 3.69. The average molecular weight is 380 g/mol. The zero-order chi connectivity index (χ0) is 18.4. The van der Waals surface area contributed by atoms with Crippen LogP contribution >= 0.6 is 23.2 Å². The van der Waals surface area contributed by atoms with Gasteiger partial charge in [0, 0.05) is 36.4 Å². The number of pyridine rings is 1. The van der Waals surface area contributed by atoms with Gasteiger partial charge in [0.15, 0.2) is 17.3 Å². The monoisotopic (exact) mass is 379 g/mol. The zero-order valence-electron chi connectivity index (χ0n) is 14.3.